The van der Waals surface area contributed by atoms with Crippen molar-refractivity contribution < 1.29 is 9.59 Å². The van der Waals surface area contributed by atoms with Crippen molar-refractivity contribution in [2.24, 2.45) is 0 Å². The maximum atomic E-state index is 13.2. The van der Waals surface area contributed by atoms with Gasteiger partial charge in [-0.2, -0.15) is 5.26 Å². The van der Waals surface area contributed by atoms with Gasteiger partial charge < -0.3 is 5.32 Å². The third-order valence-electron chi connectivity index (χ3n) is 4.13. The highest BCUT2D eigenvalue weighted by Gasteiger charge is 2.40. The SMILES string of the molecule is CNC(=O)C(C#N)=C1SC(Cc2cccc(Cl)c2)C(=O)N1c1ccc(Cl)cc1. The molecule has 0 spiro atoms. The van der Waals surface area contributed by atoms with Gasteiger partial charge in [0.05, 0.1) is 5.25 Å². The normalized spacial score (nSPS) is 18.0. The van der Waals surface area contributed by atoms with Crippen molar-refractivity contribution in [1.82, 2.24) is 5.32 Å². The number of carbonyl (C=O) groups excluding carboxylic acids is 2. The Hall–Kier alpha value is -2.46. The van der Waals surface area contributed by atoms with Crippen LogP contribution in [0.4, 0.5) is 5.69 Å². The summed E-state index contributed by atoms with van der Waals surface area (Å²) in [6, 6.07) is 15.9. The molecule has 2 aromatic carbocycles. The van der Waals surface area contributed by atoms with Gasteiger partial charge in [0.1, 0.15) is 16.7 Å². The number of hydrogen-bond donors (Lipinski definition) is 1. The van der Waals surface area contributed by atoms with Gasteiger partial charge in [-0.3, -0.25) is 14.5 Å². The Bertz CT molecular complexity index is 999. The molecule has 0 radical (unpaired) electrons. The molecule has 0 aromatic heterocycles. The van der Waals surface area contributed by atoms with Crippen molar-refractivity contribution in [2.45, 2.75) is 11.7 Å². The van der Waals surface area contributed by atoms with Crippen molar-refractivity contribution >= 4 is 52.5 Å². The highest BCUT2D eigenvalue weighted by atomic mass is 35.5. The van der Waals surface area contributed by atoms with Gasteiger partial charge in [-0.25, -0.2) is 0 Å². The van der Waals surface area contributed by atoms with Gasteiger partial charge in [0.2, 0.25) is 5.91 Å². The van der Waals surface area contributed by atoms with Crippen LogP contribution in [-0.4, -0.2) is 24.1 Å². The van der Waals surface area contributed by atoms with E-state index in [1.807, 2.05) is 18.2 Å². The number of nitriles is 1. The molecule has 1 N–H and O–H groups in total. The van der Waals surface area contributed by atoms with Crippen LogP contribution in [0.15, 0.2) is 59.1 Å². The molecule has 1 unspecified atom stereocenters. The zero-order valence-electron chi connectivity index (χ0n) is 14.8. The summed E-state index contributed by atoms with van der Waals surface area (Å²) in [7, 11) is 1.44. The number of carbonyl (C=O) groups is 2. The molecule has 1 aliphatic rings. The van der Waals surface area contributed by atoms with Crippen molar-refractivity contribution in [3.05, 3.63) is 74.7 Å². The van der Waals surface area contributed by atoms with Crippen LogP contribution < -0.4 is 10.2 Å². The minimum absolute atomic E-state index is 0.107. The van der Waals surface area contributed by atoms with Gasteiger partial charge in [-0.15, -0.1) is 0 Å². The minimum Gasteiger partial charge on any atom is -0.354 e. The van der Waals surface area contributed by atoms with Gasteiger partial charge in [0.15, 0.2) is 0 Å². The van der Waals surface area contributed by atoms with E-state index in [9.17, 15) is 14.9 Å². The van der Waals surface area contributed by atoms with E-state index in [-0.39, 0.29) is 11.5 Å². The van der Waals surface area contributed by atoms with E-state index >= 15 is 0 Å². The second-order valence-corrected chi connectivity index (χ2v) is 8.03. The number of benzene rings is 2. The molecule has 1 fully saturated rings. The lowest BCUT2D eigenvalue weighted by Gasteiger charge is -2.18. The molecule has 3 rings (SSSR count). The lowest BCUT2D eigenvalue weighted by atomic mass is 10.1. The highest BCUT2D eigenvalue weighted by Crippen LogP contribution is 2.42. The van der Waals surface area contributed by atoms with E-state index in [0.29, 0.717) is 27.2 Å². The summed E-state index contributed by atoms with van der Waals surface area (Å²) in [4.78, 5) is 26.8. The zero-order chi connectivity index (χ0) is 20.3. The molecule has 0 bridgehead atoms. The summed E-state index contributed by atoms with van der Waals surface area (Å²) in [5.74, 6) is -0.751. The molecule has 1 aliphatic heterocycles. The number of nitrogens with zero attached hydrogens (tertiary/aromatic N) is 2. The minimum atomic E-state index is -0.542. The second-order valence-electron chi connectivity index (χ2n) is 5.96. The first-order valence-electron chi connectivity index (χ1n) is 8.31. The molecule has 1 saturated heterocycles. The van der Waals surface area contributed by atoms with Crippen molar-refractivity contribution in [2.75, 3.05) is 11.9 Å². The van der Waals surface area contributed by atoms with E-state index in [1.165, 1.54) is 23.7 Å². The molecule has 5 nitrogen and oxygen atoms in total. The predicted octanol–water partition coefficient (Wildman–Crippen LogP) is 4.17. The molecule has 28 heavy (non-hydrogen) atoms. The first kappa shape index (κ1) is 20.3. The largest absolute Gasteiger partial charge is 0.354 e. The van der Waals surface area contributed by atoms with Crippen molar-refractivity contribution in [3.8, 4) is 6.07 Å². The second kappa shape index (κ2) is 8.70. The van der Waals surface area contributed by atoms with E-state index in [0.717, 1.165) is 5.56 Å². The number of hydrogen-bond acceptors (Lipinski definition) is 4. The fourth-order valence-electron chi connectivity index (χ4n) is 2.82. The summed E-state index contributed by atoms with van der Waals surface area (Å²) in [5, 5.41) is 12.9. The van der Waals surface area contributed by atoms with Gasteiger partial charge in [-0.1, -0.05) is 47.1 Å². The van der Waals surface area contributed by atoms with Gasteiger partial charge in [0.25, 0.3) is 5.91 Å². The monoisotopic (exact) mass is 431 g/mol. The third kappa shape index (κ3) is 4.17. The first-order chi connectivity index (χ1) is 13.4. The Morgan fingerprint density at radius 2 is 1.93 bits per heavy atom. The topological polar surface area (TPSA) is 73.2 Å². The summed E-state index contributed by atoms with van der Waals surface area (Å²) in [6.07, 6.45) is 0.421. The number of halogens is 2. The molecule has 0 aliphatic carbocycles. The quantitative estimate of drug-likeness (QED) is 0.582. The Balaban J connectivity index is 2.04. The Kier molecular flexibility index (Phi) is 6.30. The molecular formula is C20H15Cl2N3O2S. The van der Waals surface area contributed by atoms with Crippen LogP contribution in [0.2, 0.25) is 10.0 Å². The van der Waals surface area contributed by atoms with Crippen LogP contribution >= 0.6 is 35.0 Å². The molecule has 1 heterocycles. The Morgan fingerprint density at radius 3 is 2.54 bits per heavy atom. The zero-order valence-corrected chi connectivity index (χ0v) is 17.1. The van der Waals surface area contributed by atoms with Gasteiger partial charge in [-0.05, 0) is 48.4 Å². The fraction of sp³-hybridized carbons (Fsp3) is 0.150. The fourth-order valence-corrected chi connectivity index (χ4v) is 4.46. The molecular weight excluding hydrogens is 417 g/mol. The van der Waals surface area contributed by atoms with Crippen LogP contribution in [0, 0.1) is 11.3 Å². The number of thioether (sulfide) groups is 1. The van der Waals surface area contributed by atoms with E-state index in [4.69, 9.17) is 23.2 Å². The number of likely N-dealkylation sites (N-methyl/N-ethyl adjacent to an activating group) is 1. The molecule has 8 heteroatoms. The van der Waals surface area contributed by atoms with Crippen molar-refractivity contribution in [3.63, 3.8) is 0 Å². The number of nitrogens with one attached hydrogen (secondary N) is 1. The van der Waals surface area contributed by atoms with Crippen LogP contribution in [0.3, 0.4) is 0 Å². The smallest absolute Gasteiger partial charge is 0.264 e. The highest BCUT2D eigenvalue weighted by molar-refractivity contribution is 8.05. The van der Waals surface area contributed by atoms with Crippen LogP contribution in [0.25, 0.3) is 0 Å². The van der Waals surface area contributed by atoms with Gasteiger partial charge in [0, 0.05) is 22.8 Å². The van der Waals surface area contributed by atoms with Crippen molar-refractivity contribution in [1.29, 1.82) is 5.26 Å². The van der Waals surface area contributed by atoms with E-state index in [1.54, 1.807) is 36.4 Å². The average Bonchev–Trinajstić information content (AvgIpc) is 2.99. The molecule has 142 valence electrons. The predicted molar refractivity (Wildman–Crippen MR) is 112 cm³/mol. The van der Waals surface area contributed by atoms with E-state index in [2.05, 4.69) is 5.32 Å². The Morgan fingerprint density at radius 1 is 1.21 bits per heavy atom. The van der Waals surface area contributed by atoms with Crippen LogP contribution in [0.5, 0.6) is 0 Å². The number of rotatable bonds is 4. The molecule has 0 saturated carbocycles. The lowest BCUT2D eigenvalue weighted by Crippen LogP contribution is -2.31. The standard InChI is InChI=1S/C20H15Cl2N3O2S/c1-24-18(26)16(11-23)20-25(15-7-5-13(21)6-8-15)19(27)17(28-20)10-12-3-2-4-14(22)9-12/h2-9,17H,10H2,1H3,(H,24,26). The molecule has 2 aromatic rings. The number of amides is 2. The van der Waals surface area contributed by atoms with Crippen LogP contribution in [0.1, 0.15) is 5.56 Å². The van der Waals surface area contributed by atoms with Gasteiger partial charge >= 0.3 is 0 Å². The van der Waals surface area contributed by atoms with Crippen LogP contribution in [-0.2, 0) is 16.0 Å². The number of anilines is 1. The summed E-state index contributed by atoms with van der Waals surface area (Å²) >= 11 is 13.2. The van der Waals surface area contributed by atoms with E-state index < -0.39 is 11.2 Å². The lowest BCUT2D eigenvalue weighted by molar-refractivity contribution is -0.117. The first-order valence-corrected chi connectivity index (χ1v) is 9.95. The molecule has 1 atom stereocenters. The Labute approximate surface area is 176 Å². The average molecular weight is 432 g/mol. The maximum absolute atomic E-state index is 13.2. The third-order valence-corrected chi connectivity index (χ3v) is 5.88. The summed E-state index contributed by atoms with van der Waals surface area (Å²) < 4.78 is 0. The maximum Gasteiger partial charge on any atom is 0.264 e. The summed E-state index contributed by atoms with van der Waals surface area (Å²) in [6.45, 7) is 0. The summed E-state index contributed by atoms with van der Waals surface area (Å²) in [5.41, 5.74) is 1.33. The molecule has 2 amide bonds.